The lowest BCUT2D eigenvalue weighted by Crippen LogP contribution is -2.42. The summed E-state index contributed by atoms with van der Waals surface area (Å²) in [5.74, 6) is 1.03. The van der Waals surface area contributed by atoms with Gasteiger partial charge in [-0.3, -0.25) is 9.48 Å². The molecular formula is C18H28N4O. The smallest absolute Gasteiger partial charge is 0.225 e. The van der Waals surface area contributed by atoms with Crippen LogP contribution in [-0.2, 0) is 18.4 Å². The third kappa shape index (κ3) is 2.91. The highest BCUT2D eigenvalue weighted by molar-refractivity contribution is 5.80. The molecule has 1 aromatic rings. The normalized spacial score (nSPS) is 26.6. The number of hydrogen-bond acceptors (Lipinski definition) is 3. The quantitative estimate of drug-likeness (QED) is 0.894. The van der Waals surface area contributed by atoms with Gasteiger partial charge >= 0.3 is 0 Å². The number of carbonyl (C=O) groups excluding carboxylic acids is 1. The average molecular weight is 316 g/mol. The Kier molecular flexibility index (Phi) is 3.92. The van der Waals surface area contributed by atoms with E-state index in [-0.39, 0.29) is 17.2 Å². The molecule has 5 heteroatoms. The van der Waals surface area contributed by atoms with Gasteiger partial charge in [0.1, 0.15) is 0 Å². The van der Waals surface area contributed by atoms with Gasteiger partial charge in [-0.1, -0.05) is 19.3 Å². The second kappa shape index (κ2) is 5.93. The van der Waals surface area contributed by atoms with Gasteiger partial charge in [-0.25, -0.2) is 0 Å². The Labute approximate surface area is 138 Å². The van der Waals surface area contributed by atoms with E-state index in [1.807, 2.05) is 11.7 Å². The topological polar surface area (TPSA) is 59.0 Å². The highest BCUT2D eigenvalue weighted by atomic mass is 16.2. The van der Waals surface area contributed by atoms with Gasteiger partial charge in [-0.05, 0) is 37.2 Å². The van der Waals surface area contributed by atoms with Crippen LogP contribution in [0, 0.1) is 11.3 Å². The van der Waals surface area contributed by atoms with Crippen molar-refractivity contribution in [2.45, 2.75) is 57.4 Å². The zero-order valence-electron chi connectivity index (χ0n) is 14.1. The molecule has 1 saturated heterocycles. The predicted octanol–water partition coefficient (Wildman–Crippen LogP) is 2.08. The molecule has 0 bridgehead atoms. The minimum atomic E-state index is 0.138. The summed E-state index contributed by atoms with van der Waals surface area (Å²) in [6, 6.07) is 2.17. The summed E-state index contributed by atoms with van der Waals surface area (Å²) < 4.78 is 1.93. The van der Waals surface area contributed by atoms with E-state index in [0.717, 1.165) is 18.8 Å². The molecule has 1 aliphatic heterocycles. The minimum absolute atomic E-state index is 0.138. The fraction of sp³-hybridized carbons (Fsp3) is 0.778. The minimum Gasteiger partial charge on any atom is -0.350 e. The molecule has 4 rings (SSSR count). The number of aryl methyl sites for hydroxylation is 1. The molecule has 126 valence electrons. The third-order valence-electron chi connectivity index (χ3n) is 6.17. The van der Waals surface area contributed by atoms with Gasteiger partial charge in [-0.15, -0.1) is 0 Å². The molecule has 2 N–H and O–H groups in total. The number of aromatic nitrogens is 2. The number of nitrogens with zero attached hydrogens (tertiary/aromatic N) is 2. The van der Waals surface area contributed by atoms with Crippen LogP contribution in [0.25, 0.3) is 0 Å². The van der Waals surface area contributed by atoms with Crippen molar-refractivity contribution in [1.29, 1.82) is 0 Å². The van der Waals surface area contributed by atoms with Crippen molar-refractivity contribution in [3.63, 3.8) is 0 Å². The summed E-state index contributed by atoms with van der Waals surface area (Å²) in [5.41, 5.74) is 2.53. The molecule has 1 aromatic heterocycles. The summed E-state index contributed by atoms with van der Waals surface area (Å²) in [4.78, 5) is 12.8. The standard InChI is InChI=1S/C18H28N4O/c1-22-14(9-16(21-22)13-5-6-13)10-20-17(23)15-11-19-12-18(15)7-3-2-4-8-18/h9,13,15,19H,2-8,10-12H2,1H3,(H,20,23). The van der Waals surface area contributed by atoms with Crippen molar-refractivity contribution < 1.29 is 4.79 Å². The van der Waals surface area contributed by atoms with Crippen LogP contribution in [0.1, 0.15) is 62.3 Å². The van der Waals surface area contributed by atoms with E-state index in [9.17, 15) is 4.79 Å². The van der Waals surface area contributed by atoms with Crippen LogP contribution >= 0.6 is 0 Å². The van der Waals surface area contributed by atoms with Crippen molar-refractivity contribution in [1.82, 2.24) is 20.4 Å². The van der Waals surface area contributed by atoms with Crippen LogP contribution in [0.4, 0.5) is 0 Å². The number of carbonyl (C=O) groups is 1. The first-order chi connectivity index (χ1) is 11.2. The van der Waals surface area contributed by atoms with E-state index < -0.39 is 0 Å². The summed E-state index contributed by atoms with van der Waals surface area (Å²) in [5, 5.41) is 11.2. The molecule has 2 aliphatic carbocycles. The maximum absolute atomic E-state index is 12.8. The van der Waals surface area contributed by atoms with Crippen molar-refractivity contribution in [2.75, 3.05) is 13.1 Å². The Morgan fingerprint density at radius 3 is 2.91 bits per heavy atom. The zero-order chi connectivity index (χ0) is 15.9. The van der Waals surface area contributed by atoms with Gasteiger partial charge in [0.25, 0.3) is 0 Å². The molecule has 1 amide bonds. The molecule has 3 fully saturated rings. The summed E-state index contributed by atoms with van der Waals surface area (Å²) in [6.07, 6.45) is 8.81. The largest absolute Gasteiger partial charge is 0.350 e. The van der Waals surface area contributed by atoms with Crippen molar-refractivity contribution in [3.05, 3.63) is 17.5 Å². The summed E-state index contributed by atoms with van der Waals surface area (Å²) in [7, 11) is 1.98. The van der Waals surface area contributed by atoms with E-state index in [0.29, 0.717) is 12.5 Å². The first kappa shape index (κ1) is 15.2. The lowest BCUT2D eigenvalue weighted by molar-refractivity contribution is -0.128. The molecule has 23 heavy (non-hydrogen) atoms. The number of nitrogens with one attached hydrogen (secondary N) is 2. The van der Waals surface area contributed by atoms with E-state index in [2.05, 4.69) is 21.8 Å². The fourth-order valence-corrected chi connectivity index (χ4v) is 4.53. The Balaban J connectivity index is 1.39. The van der Waals surface area contributed by atoms with E-state index in [1.54, 1.807) is 0 Å². The van der Waals surface area contributed by atoms with Gasteiger partial charge in [0, 0.05) is 26.1 Å². The first-order valence-electron chi connectivity index (χ1n) is 9.19. The number of rotatable bonds is 4. The maximum Gasteiger partial charge on any atom is 0.225 e. The van der Waals surface area contributed by atoms with E-state index >= 15 is 0 Å². The zero-order valence-corrected chi connectivity index (χ0v) is 14.1. The maximum atomic E-state index is 12.8. The molecule has 0 radical (unpaired) electrons. The Bertz CT molecular complexity index is 584. The lowest BCUT2D eigenvalue weighted by Gasteiger charge is -2.37. The first-order valence-corrected chi connectivity index (χ1v) is 9.19. The molecule has 1 unspecified atom stereocenters. The Morgan fingerprint density at radius 2 is 2.17 bits per heavy atom. The fourth-order valence-electron chi connectivity index (χ4n) is 4.53. The van der Waals surface area contributed by atoms with Crippen LogP contribution in [0.15, 0.2) is 6.07 Å². The van der Waals surface area contributed by atoms with Crippen molar-refractivity contribution in [2.24, 2.45) is 18.4 Å². The summed E-state index contributed by atoms with van der Waals surface area (Å²) >= 11 is 0. The molecule has 3 aliphatic rings. The summed E-state index contributed by atoms with van der Waals surface area (Å²) in [6.45, 7) is 2.45. The molecule has 1 atom stereocenters. The molecule has 2 heterocycles. The molecule has 5 nitrogen and oxygen atoms in total. The molecule has 1 spiro atoms. The molecule has 2 saturated carbocycles. The van der Waals surface area contributed by atoms with Crippen LogP contribution in [0.5, 0.6) is 0 Å². The van der Waals surface area contributed by atoms with Crippen LogP contribution in [-0.4, -0.2) is 28.8 Å². The SMILES string of the molecule is Cn1nc(C2CC2)cc1CNC(=O)C1CNCC12CCCCC2. The van der Waals surface area contributed by atoms with Crippen molar-refractivity contribution >= 4 is 5.91 Å². The monoisotopic (exact) mass is 316 g/mol. The third-order valence-corrected chi connectivity index (χ3v) is 6.17. The number of hydrogen-bond donors (Lipinski definition) is 2. The van der Waals surface area contributed by atoms with Crippen LogP contribution in [0.2, 0.25) is 0 Å². The second-order valence-electron chi connectivity index (χ2n) is 7.78. The van der Waals surface area contributed by atoms with Crippen molar-refractivity contribution in [3.8, 4) is 0 Å². The highest BCUT2D eigenvalue weighted by Crippen LogP contribution is 2.44. The van der Waals surface area contributed by atoms with Gasteiger partial charge in [0.2, 0.25) is 5.91 Å². The van der Waals surface area contributed by atoms with Gasteiger partial charge in [-0.2, -0.15) is 5.10 Å². The van der Waals surface area contributed by atoms with Gasteiger partial charge in [0.05, 0.1) is 23.9 Å². The van der Waals surface area contributed by atoms with E-state index in [4.69, 9.17) is 0 Å². The van der Waals surface area contributed by atoms with Gasteiger partial charge in [0.15, 0.2) is 0 Å². The lowest BCUT2D eigenvalue weighted by atomic mass is 9.67. The van der Waals surface area contributed by atoms with Crippen LogP contribution in [0.3, 0.4) is 0 Å². The average Bonchev–Trinajstić information content (AvgIpc) is 3.24. The molecular weight excluding hydrogens is 288 g/mol. The number of amides is 1. The Morgan fingerprint density at radius 1 is 1.39 bits per heavy atom. The second-order valence-corrected chi connectivity index (χ2v) is 7.78. The van der Waals surface area contributed by atoms with E-state index in [1.165, 1.54) is 50.6 Å². The Hall–Kier alpha value is -1.36. The van der Waals surface area contributed by atoms with Gasteiger partial charge < -0.3 is 10.6 Å². The predicted molar refractivity (Wildman–Crippen MR) is 88.9 cm³/mol. The van der Waals surface area contributed by atoms with Crippen LogP contribution < -0.4 is 10.6 Å². The highest BCUT2D eigenvalue weighted by Gasteiger charge is 2.46. The molecule has 0 aromatic carbocycles.